The van der Waals surface area contributed by atoms with Crippen molar-refractivity contribution >= 4 is 5.97 Å². The Bertz CT molecular complexity index is 465. The number of carbonyl (C=O) groups is 1. The highest BCUT2D eigenvalue weighted by molar-refractivity contribution is 5.69. The summed E-state index contributed by atoms with van der Waals surface area (Å²) in [5.74, 6) is -0.196. The average Bonchev–Trinajstić information content (AvgIpc) is 2.84. The number of carbonyl (C=O) groups excluding carboxylic acids is 1. The fourth-order valence-corrected chi connectivity index (χ4v) is 3.50. The highest BCUT2D eigenvalue weighted by atomic mass is 16.7. The SMILES string of the molecule is CC/C=C\CCCCOC(CCC(=O)OCCCCC(O)CCCC)OCCCC/C=C\CC. The molecule has 0 bridgehead atoms. The van der Waals surface area contributed by atoms with E-state index in [9.17, 15) is 9.90 Å². The predicted molar refractivity (Wildman–Crippen MR) is 142 cm³/mol. The van der Waals surface area contributed by atoms with Gasteiger partial charge in [0.2, 0.25) is 0 Å². The standard InChI is InChI=1S/C29H54O5/c1-4-7-10-12-14-17-25-33-29(34-26-18-15-13-11-8-5-2)23-22-28(31)32-24-19-16-21-27(30)20-9-6-3/h7-8,10-11,27,29-30H,4-6,9,12-26H2,1-3H3/b10-7-,11-8-. The van der Waals surface area contributed by atoms with Crippen molar-refractivity contribution in [2.24, 2.45) is 0 Å². The molecule has 0 amide bonds. The molecule has 1 N–H and O–H groups in total. The van der Waals surface area contributed by atoms with Crippen LogP contribution in [0.5, 0.6) is 0 Å². The van der Waals surface area contributed by atoms with Gasteiger partial charge in [0.1, 0.15) is 0 Å². The molecule has 0 heterocycles. The molecule has 0 aromatic heterocycles. The summed E-state index contributed by atoms with van der Waals surface area (Å²) in [6.45, 7) is 8.14. The topological polar surface area (TPSA) is 65.0 Å². The second-order valence-corrected chi connectivity index (χ2v) is 8.97. The van der Waals surface area contributed by atoms with Gasteiger partial charge in [0, 0.05) is 19.6 Å². The molecule has 0 aromatic rings. The summed E-state index contributed by atoms with van der Waals surface area (Å²) in [6, 6.07) is 0. The molecule has 0 aliphatic heterocycles. The lowest BCUT2D eigenvalue weighted by atomic mass is 10.1. The van der Waals surface area contributed by atoms with Crippen LogP contribution in [0.25, 0.3) is 0 Å². The van der Waals surface area contributed by atoms with E-state index in [1.807, 2.05) is 0 Å². The summed E-state index contributed by atoms with van der Waals surface area (Å²) in [5, 5.41) is 9.88. The van der Waals surface area contributed by atoms with Crippen molar-refractivity contribution in [1.82, 2.24) is 0 Å². The first kappa shape index (κ1) is 32.8. The third-order valence-corrected chi connectivity index (χ3v) is 5.61. The summed E-state index contributed by atoms with van der Waals surface area (Å²) in [6.07, 6.45) is 23.1. The second-order valence-electron chi connectivity index (χ2n) is 8.97. The fraction of sp³-hybridized carbons (Fsp3) is 0.828. The summed E-state index contributed by atoms with van der Waals surface area (Å²) in [5.41, 5.74) is 0. The van der Waals surface area contributed by atoms with Crippen molar-refractivity contribution in [2.75, 3.05) is 19.8 Å². The van der Waals surface area contributed by atoms with E-state index in [1.54, 1.807) is 0 Å². The Morgan fingerprint density at radius 2 is 1.26 bits per heavy atom. The Hall–Kier alpha value is -1.17. The maximum atomic E-state index is 12.1. The summed E-state index contributed by atoms with van der Waals surface area (Å²) in [4.78, 5) is 12.1. The molecule has 5 heteroatoms. The van der Waals surface area contributed by atoms with E-state index < -0.39 is 0 Å². The van der Waals surface area contributed by atoms with Crippen LogP contribution in [0.3, 0.4) is 0 Å². The highest BCUT2D eigenvalue weighted by Gasteiger charge is 2.13. The molecular formula is C29H54O5. The molecule has 0 spiro atoms. The van der Waals surface area contributed by atoms with Crippen molar-refractivity contribution in [3.05, 3.63) is 24.3 Å². The lowest BCUT2D eigenvalue weighted by Gasteiger charge is -2.18. The number of aliphatic hydroxyl groups excluding tert-OH is 1. The minimum Gasteiger partial charge on any atom is -0.466 e. The van der Waals surface area contributed by atoms with Gasteiger partial charge in [-0.25, -0.2) is 0 Å². The van der Waals surface area contributed by atoms with E-state index in [-0.39, 0.29) is 18.4 Å². The Labute approximate surface area is 210 Å². The Morgan fingerprint density at radius 3 is 1.82 bits per heavy atom. The van der Waals surface area contributed by atoms with Crippen LogP contribution in [-0.4, -0.2) is 43.3 Å². The Kier molecular flexibility index (Phi) is 25.5. The number of hydrogen-bond donors (Lipinski definition) is 1. The van der Waals surface area contributed by atoms with Crippen LogP contribution in [0, 0.1) is 0 Å². The lowest BCUT2D eigenvalue weighted by Crippen LogP contribution is -2.21. The minimum atomic E-state index is -0.348. The maximum absolute atomic E-state index is 12.1. The number of hydrogen-bond acceptors (Lipinski definition) is 5. The molecule has 0 aliphatic carbocycles. The van der Waals surface area contributed by atoms with Crippen molar-refractivity contribution in [2.45, 2.75) is 136 Å². The first-order chi connectivity index (χ1) is 16.6. The molecule has 1 unspecified atom stereocenters. The zero-order valence-corrected chi connectivity index (χ0v) is 22.5. The van der Waals surface area contributed by atoms with Crippen LogP contribution in [0.2, 0.25) is 0 Å². The van der Waals surface area contributed by atoms with E-state index in [0.29, 0.717) is 32.7 Å². The maximum Gasteiger partial charge on any atom is 0.305 e. The number of unbranched alkanes of at least 4 members (excludes halogenated alkanes) is 6. The van der Waals surface area contributed by atoms with Gasteiger partial charge in [-0.05, 0) is 77.0 Å². The largest absolute Gasteiger partial charge is 0.466 e. The van der Waals surface area contributed by atoms with Crippen molar-refractivity contribution in [1.29, 1.82) is 0 Å². The van der Waals surface area contributed by atoms with Crippen LogP contribution in [0.15, 0.2) is 24.3 Å². The van der Waals surface area contributed by atoms with E-state index in [4.69, 9.17) is 14.2 Å². The number of ether oxygens (including phenoxy) is 3. The Balaban J connectivity index is 4.10. The van der Waals surface area contributed by atoms with E-state index >= 15 is 0 Å². The molecule has 200 valence electrons. The van der Waals surface area contributed by atoms with Crippen molar-refractivity contribution in [3.8, 4) is 0 Å². The molecule has 0 rings (SSSR count). The van der Waals surface area contributed by atoms with Crippen LogP contribution < -0.4 is 0 Å². The molecule has 0 aromatic carbocycles. The highest BCUT2D eigenvalue weighted by Crippen LogP contribution is 2.11. The zero-order valence-electron chi connectivity index (χ0n) is 22.5. The monoisotopic (exact) mass is 482 g/mol. The summed E-state index contributed by atoms with van der Waals surface area (Å²) in [7, 11) is 0. The number of allylic oxidation sites excluding steroid dienone is 4. The van der Waals surface area contributed by atoms with Gasteiger partial charge in [-0.2, -0.15) is 0 Å². The van der Waals surface area contributed by atoms with Gasteiger partial charge in [0.25, 0.3) is 0 Å². The summed E-state index contributed by atoms with van der Waals surface area (Å²) < 4.78 is 17.3. The molecule has 1 atom stereocenters. The average molecular weight is 483 g/mol. The number of esters is 1. The van der Waals surface area contributed by atoms with E-state index in [1.165, 1.54) is 0 Å². The van der Waals surface area contributed by atoms with Gasteiger partial charge in [0.05, 0.1) is 19.1 Å². The third-order valence-electron chi connectivity index (χ3n) is 5.61. The van der Waals surface area contributed by atoms with Gasteiger partial charge < -0.3 is 19.3 Å². The van der Waals surface area contributed by atoms with Gasteiger partial charge in [0.15, 0.2) is 6.29 Å². The van der Waals surface area contributed by atoms with Crippen LogP contribution in [-0.2, 0) is 19.0 Å². The molecule has 0 radical (unpaired) electrons. The van der Waals surface area contributed by atoms with Crippen LogP contribution in [0.4, 0.5) is 0 Å². The van der Waals surface area contributed by atoms with E-state index in [2.05, 4.69) is 45.1 Å². The minimum absolute atomic E-state index is 0.196. The van der Waals surface area contributed by atoms with Gasteiger partial charge in [-0.1, -0.05) is 57.9 Å². The molecule has 5 nitrogen and oxygen atoms in total. The zero-order chi connectivity index (χ0) is 25.1. The molecule has 0 saturated heterocycles. The van der Waals surface area contributed by atoms with Crippen LogP contribution >= 0.6 is 0 Å². The molecular weight excluding hydrogens is 428 g/mol. The fourth-order valence-electron chi connectivity index (χ4n) is 3.50. The first-order valence-electron chi connectivity index (χ1n) is 14.0. The Morgan fingerprint density at radius 1 is 0.706 bits per heavy atom. The lowest BCUT2D eigenvalue weighted by molar-refractivity contribution is -0.159. The van der Waals surface area contributed by atoms with Gasteiger partial charge >= 0.3 is 5.97 Å². The number of rotatable bonds is 25. The van der Waals surface area contributed by atoms with E-state index in [0.717, 1.165) is 89.9 Å². The van der Waals surface area contributed by atoms with Crippen molar-refractivity contribution in [3.63, 3.8) is 0 Å². The number of aliphatic hydroxyl groups is 1. The molecule has 34 heavy (non-hydrogen) atoms. The third kappa shape index (κ3) is 24.0. The molecule has 0 aliphatic rings. The second kappa shape index (κ2) is 26.4. The summed E-state index contributed by atoms with van der Waals surface area (Å²) >= 11 is 0. The molecule has 0 saturated carbocycles. The smallest absolute Gasteiger partial charge is 0.305 e. The van der Waals surface area contributed by atoms with Gasteiger partial charge in [-0.15, -0.1) is 0 Å². The molecule has 0 fully saturated rings. The predicted octanol–water partition coefficient (Wildman–Crippen LogP) is 7.66. The quantitative estimate of drug-likeness (QED) is 0.0626. The normalized spacial score (nSPS) is 12.9. The van der Waals surface area contributed by atoms with Gasteiger partial charge in [-0.3, -0.25) is 4.79 Å². The first-order valence-corrected chi connectivity index (χ1v) is 14.0. The van der Waals surface area contributed by atoms with Crippen LogP contribution in [0.1, 0.15) is 124 Å². The van der Waals surface area contributed by atoms with Crippen molar-refractivity contribution < 1.29 is 24.1 Å².